The van der Waals surface area contributed by atoms with Gasteiger partial charge in [-0.3, -0.25) is 9.78 Å². The highest BCUT2D eigenvalue weighted by Crippen LogP contribution is 2.28. The molecule has 0 saturated heterocycles. The fourth-order valence-electron chi connectivity index (χ4n) is 3.74. The predicted molar refractivity (Wildman–Crippen MR) is 117 cm³/mol. The second-order valence-electron chi connectivity index (χ2n) is 7.18. The second kappa shape index (κ2) is 7.87. The van der Waals surface area contributed by atoms with E-state index in [-0.39, 0.29) is 5.91 Å². The largest absolute Gasteiger partial charge is 0.316 e. The van der Waals surface area contributed by atoms with Crippen LogP contribution in [0.3, 0.4) is 0 Å². The Balaban J connectivity index is 1.76. The molecule has 0 saturated carbocycles. The summed E-state index contributed by atoms with van der Waals surface area (Å²) in [6.45, 7) is 6.23. The van der Waals surface area contributed by atoms with E-state index in [4.69, 9.17) is 0 Å². The lowest BCUT2D eigenvalue weighted by atomic mass is 10.0. The summed E-state index contributed by atoms with van der Waals surface area (Å²) in [6, 6.07) is 15.6. The average molecular weight is 384 g/mol. The molecule has 0 unspecified atom stereocenters. The number of aromatic nitrogens is 2. The summed E-state index contributed by atoms with van der Waals surface area (Å²) >= 11 is 0. The van der Waals surface area contributed by atoms with Gasteiger partial charge in [-0.25, -0.2) is 0 Å². The van der Waals surface area contributed by atoms with Gasteiger partial charge >= 0.3 is 0 Å². The zero-order chi connectivity index (χ0) is 20.4. The Morgan fingerprint density at radius 2 is 1.79 bits per heavy atom. The molecule has 0 radical (unpaired) electrons. The topological polar surface area (TPSA) is 50.5 Å². The van der Waals surface area contributed by atoms with Crippen LogP contribution < -0.4 is 5.01 Å². The number of anilines is 1. The Morgan fingerprint density at radius 1 is 1.03 bits per heavy atom. The highest BCUT2D eigenvalue weighted by Gasteiger charge is 2.30. The van der Waals surface area contributed by atoms with E-state index in [9.17, 15) is 4.79 Å². The van der Waals surface area contributed by atoms with Gasteiger partial charge in [-0.2, -0.15) is 10.1 Å². The Labute approximate surface area is 171 Å². The van der Waals surface area contributed by atoms with Crippen molar-refractivity contribution in [3.8, 4) is 5.69 Å². The van der Waals surface area contributed by atoms with E-state index >= 15 is 0 Å². The minimum absolute atomic E-state index is 0.0779. The monoisotopic (exact) mass is 384 g/mol. The molecule has 0 N–H and O–H groups in total. The third-order valence-corrected chi connectivity index (χ3v) is 5.12. The first-order chi connectivity index (χ1) is 14.1. The lowest BCUT2D eigenvalue weighted by molar-refractivity contribution is -0.114. The van der Waals surface area contributed by atoms with Crippen LogP contribution in [0.2, 0.25) is 0 Å². The predicted octanol–water partition coefficient (Wildman–Crippen LogP) is 5.08. The summed E-state index contributed by atoms with van der Waals surface area (Å²) in [6.07, 6.45) is 7.29. The highest BCUT2D eigenvalue weighted by atomic mass is 16.2. The number of amides is 1. The van der Waals surface area contributed by atoms with Crippen molar-refractivity contribution in [1.82, 2.24) is 9.55 Å². The van der Waals surface area contributed by atoms with Crippen molar-refractivity contribution in [2.24, 2.45) is 5.10 Å². The molecule has 2 aromatic heterocycles. The molecule has 0 spiro atoms. The number of carbonyl (C=O) groups is 1. The van der Waals surface area contributed by atoms with Gasteiger partial charge in [0.25, 0.3) is 5.91 Å². The number of aryl methyl sites for hydroxylation is 1. The fourth-order valence-corrected chi connectivity index (χ4v) is 3.74. The number of nitrogens with zero attached hydrogens (tertiary/aromatic N) is 4. The first-order valence-electron chi connectivity index (χ1n) is 9.88. The third kappa shape index (κ3) is 3.51. The number of hydrogen-bond donors (Lipinski definition) is 0. The molecule has 29 heavy (non-hydrogen) atoms. The highest BCUT2D eigenvalue weighted by molar-refractivity contribution is 6.32. The molecule has 5 nitrogen and oxygen atoms in total. The van der Waals surface area contributed by atoms with E-state index in [1.54, 1.807) is 6.20 Å². The average Bonchev–Trinajstić information content (AvgIpc) is 3.20. The first kappa shape index (κ1) is 18.9. The summed E-state index contributed by atoms with van der Waals surface area (Å²) < 4.78 is 2.16. The number of hydrazone groups is 1. The second-order valence-corrected chi connectivity index (χ2v) is 7.18. The van der Waals surface area contributed by atoms with Crippen molar-refractivity contribution in [1.29, 1.82) is 0 Å². The molecule has 0 bridgehead atoms. The summed E-state index contributed by atoms with van der Waals surface area (Å²) in [5.41, 5.74) is 6.50. The molecule has 1 aliphatic heterocycles. The molecule has 1 amide bonds. The van der Waals surface area contributed by atoms with Crippen molar-refractivity contribution in [2.45, 2.75) is 33.6 Å². The van der Waals surface area contributed by atoms with Gasteiger partial charge in [0.1, 0.15) is 0 Å². The normalized spacial score (nSPS) is 15.3. The van der Waals surface area contributed by atoms with E-state index in [0.29, 0.717) is 5.57 Å². The van der Waals surface area contributed by atoms with Gasteiger partial charge in [0.15, 0.2) is 0 Å². The fraction of sp³-hybridized carbons (Fsp3) is 0.208. The number of para-hydroxylation sites is 1. The number of carbonyl (C=O) groups excluding carboxylic acids is 1. The molecule has 146 valence electrons. The van der Waals surface area contributed by atoms with Crippen LogP contribution in [0.4, 0.5) is 5.69 Å². The summed E-state index contributed by atoms with van der Waals surface area (Å²) in [5.74, 6) is -0.0779. The first-order valence-corrected chi connectivity index (χ1v) is 9.88. The Morgan fingerprint density at radius 3 is 2.48 bits per heavy atom. The Bertz CT molecular complexity index is 1090. The van der Waals surface area contributed by atoms with Gasteiger partial charge in [-0.1, -0.05) is 31.5 Å². The van der Waals surface area contributed by atoms with Crippen LogP contribution in [0.25, 0.3) is 11.8 Å². The van der Waals surface area contributed by atoms with E-state index in [1.165, 1.54) is 5.01 Å². The van der Waals surface area contributed by atoms with Crippen LogP contribution in [0, 0.1) is 13.8 Å². The zero-order valence-corrected chi connectivity index (χ0v) is 17.0. The molecular formula is C24H24N4O. The molecular weight excluding hydrogens is 360 g/mol. The summed E-state index contributed by atoms with van der Waals surface area (Å²) in [7, 11) is 0. The van der Waals surface area contributed by atoms with E-state index < -0.39 is 0 Å². The van der Waals surface area contributed by atoms with Gasteiger partial charge < -0.3 is 4.57 Å². The molecule has 4 rings (SSSR count). The molecule has 0 aliphatic carbocycles. The number of pyridine rings is 1. The maximum atomic E-state index is 13.2. The SMILES string of the molecule is CCCC1=NN(c2ccccc2)C(=O)/C1=C/c1cc(C)n(-c2cccnc2)c1C. The van der Waals surface area contributed by atoms with Gasteiger partial charge in [0.05, 0.1) is 28.9 Å². The number of rotatable bonds is 5. The van der Waals surface area contributed by atoms with Crippen molar-refractivity contribution in [3.63, 3.8) is 0 Å². The van der Waals surface area contributed by atoms with Crippen molar-refractivity contribution < 1.29 is 4.79 Å². The Kier molecular flexibility index (Phi) is 5.12. The van der Waals surface area contributed by atoms with Crippen LogP contribution in [0.15, 0.2) is 71.6 Å². The maximum absolute atomic E-state index is 13.2. The number of hydrogen-bond acceptors (Lipinski definition) is 3. The third-order valence-electron chi connectivity index (χ3n) is 5.12. The lowest BCUT2D eigenvalue weighted by Gasteiger charge is -2.11. The standard InChI is InChI=1S/C24H24N4O/c1-4-9-23-22(24(29)28(26-23)20-10-6-5-7-11-20)15-19-14-17(2)27(18(19)3)21-12-8-13-25-16-21/h5-8,10-16H,4,9H2,1-3H3/b22-15+. The van der Waals surface area contributed by atoms with Gasteiger partial charge in [-0.15, -0.1) is 0 Å². The van der Waals surface area contributed by atoms with E-state index in [2.05, 4.69) is 41.5 Å². The zero-order valence-electron chi connectivity index (χ0n) is 17.0. The van der Waals surface area contributed by atoms with E-state index in [0.717, 1.165) is 46.9 Å². The smallest absolute Gasteiger partial charge is 0.280 e. The Hall–Kier alpha value is -3.47. The number of benzene rings is 1. The lowest BCUT2D eigenvalue weighted by Crippen LogP contribution is -2.21. The summed E-state index contributed by atoms with van der Waals surface area (Å²) in [5, 5.41) is 6.15. The molecule has 3 heterocycles. The van der Waals surface area contributed by atoms with Crippen LogP contribution in [0.1, 0.15) is 36.7 Å². The maximum Gasteiger partial charge on any atom is 0.280 e. The van der Waals surface area contributed by atoms with Crippen LogP contribution in [0.5, 0.6) is 0 Å². The van der Waals surface area contributed by atoms with E-state index in [1.807, 2.05) is 54.7 Å². The minimum Gasteiger partial charge on any atom is -0.316 e. The molecule has 0 fully saturated rings. The molecule has 0 atom stereocenters. The molecule has 1 aliphatic rings. The van der Waals surface area contributed by atoms with Crippen LogP contribution >= 0.6 is 0 Å². The van der Waals surface area contributed by atoms with Gasteiger partial charge in [0, 0.05) is 17.6 Å². The van der Waals surface area contributed by atoms with Gasteiger partial charge in [0.2, 0.25) is 0 Å². The van der Waals surface area contributed by atoms with Crippen molar-refractivity contribution >= 4 is 23.4 Å². The van der Waals surface area contributed by atoms with Crippen molar-refractivity contribution in [3.05, 3.63) is 83.4 Å². The summed E-state index contributed by atoms with van der Waals surface area (Å²) in [4.78, 5) is 17.4. The van der Waals surface area contributed by atoms with Gasteiger partial charge in [-0.05, 0) is 62.2 Å². The van der Waals surface area contributed by atoms with Crippen molar-refractivity contribution in [2.75, 3.05) is 5.01 Å². The molecule has 3 aromatic rings. The quantitative estimate of drug-likeness (QED) is 0.576. The molecule has 1 aromatic carbocycles. The van der Waals surface area contributed by atoms with Crippen LogP contribution in [-0.2, 0) is 4.79 Å². The van der Waals surface area contributed by atoms with Crippen LogP contribution in [-0.4, -0.2) is 21.2 Å². The molecule has 5 heteroatoms. The minimum atomic E-state index is -0.0779.